The van der Waals surface area contributed by atoms with Crippen molar-refractivity contribution in [1.82, 2.24) is 9.97 Å². The fourth-order valence-corrected chi connectivity index (χ4v) is 3.09. The molecule has 3 rings (SSSR count). The van der Waals surface area contributed by atoms with E-state index >= 15 is 0 Å². The standard InChI is InChI=1S/C8H5N3S2/c9-8-11-5-2-1-4-6(7(5)13-8)12-3-10-4/h1-3H,(H2,9,11). The Labute approximate surface area is 81.9 Å². The van der Waals surface area contributed by atoms with Crippen molar-refractivity contribution in [1.29, 1.82) is 0 Å². The van der Waals surface area contributed by atoms with Crippen molar-refractivity contribution < 1.29 is 0 Å². The Morgan fingerprint density at radius 3 is 2.92 bits per heavy atom. The van der Waals surface area contributed by atoms with Gasteiger partial charge in [0.25, 0.3) is 0 Å². The first-order valence-electron chi connectivity index (χ1n) is 3.73. The second-order valence-corrected chi connectivity index (χ2v) is 4.55. The first-order valence-corrected chi connectivity index (χ1v) is 5.42. The topological polar surface area (TPSA) is 51.8 Å². The third-order valence-electron chi connectivity index (χ3n) is 1.87. The normalized spacial score (nSPS) is 11.4. The lowest BCUT2D eigenvalue weighted by Crippen LogP contribution is -1.78. The summed E-state index contributed by atoms with van der Waals surface area (Å²) in [5, 5.41) is 0.621. The molecule has 0 aliphatic rings. The molecule has 0 saturated heterocycles. The third kappa shape index (κ3) is 0.942. The minimum atomic E-state index is 0.621. The molecule has 2 heterocycles. The second-order valence-electron chi connectivity index (χ2n) is 2.67. The van der Waals surface area contributed by atoms with Gasteiger partial charge in [0.05, 0.1) is 25.9 Å². The van der Waals surface area contributed by atoms with Crippen LogP contribution in [-0.2, 0) is 0 Å². The van der Waals surface area contributed by atoms with Crippen molar-refractivity contribution in [2.75, 3.05) is 5.73 Å². The predicted molar refractivity (Wildman–Crippen MR) is 57.2 cm³/mol. The Bertz CT molecular complexity index is 581. The lowest BCUT2D eigenvalue weighted by molar-refractivity contribution is 1.48. The fourth-order valence-electron chi connectivity index (χ4n) is 1.33. The Morgan fingerprint density at radius 2 is 2.00 bits per heavy atom. The highest BCUT2D eigenvalue weighted by Crippen LogP contribution is 2.32. The van der Waals surface area contributed by atoms with E-state index in [0.717, 1.165) is 15.7 Å². The van der Waals surface area contributed by atoms with Crippen molar-refractivity contribution in [2.24, 2.45) is 0 Å². The number of nitrogens with two attached hydrogens (primary N) is 1. The van der Waals surface area contributed by atoms with Gasteiger partial charge in [0.1, 0.15) is 0 Å². The van der Waals surface area contributed by atoms with Gasteiger partial charge in [0.15, 0.2) is 5.13 Å². The van der Waals surface area contributed by atoms with Crippen LogP contribution in [0, 0.1) is 0 Å². The van der Waals surface area contributed by atoms with Crippen molar-refractivity contribution in [3.63, 3.8) is 0 Å². The maximum atomic E-state index is 5.64. The minimum Gasteiger partial charge on any atom is -0.375 e. The smallest absolute Gasteiger partial charge is 0.181 e. The Morgan fingerprint density at radius 1 is 1.15 bits per heavy atom. The third-order valence-corrected chi connectivity index (χ3v) is 3.78. The first kappa shape index (κ1) is 7.23. The lowest BCUT2D eigenvalue weighted by atomic mass is 10.3. The van der Waals surface area contributed by atoms with E-state index in [1.54, 1.807) is 11.3 Å². The van der Waals surface area contributed by atoms with Crippen molar-refractivity contribution in [3.8, 4) is 0 Å². The van der Waals surface area contributed by atoms with E-state index in [-0.39, 0.29) is 0 Å². The van der Waals surface area contributed by atoms with Gasteiger partial charge < -0.3 is 5.73 Å². The van der Waals surface area contributed by atoms with Gasteiger partial charge in [-0.1, -0.05) is 11.3 Å². The molecule has 3 aromatic rings. The van der Waals surface area contributed by atoms with Crippen LogP contribution in [0.4, 0.5) is 5.13 Å². The molecule has 13 heavy (non-hydrogen) atoms. The van der Waals surface area contributed by atoms with Gasteiger partial charge in [-0.3, -0.25) is 0 Å². The molecule has 64 valence electrons. The zero-order chi connectivity index (χ0) is 8.84. The molecule has 3 nitrogen and oxygen atoms in total. The quantitative estimate of drug-likeness (QED) is 0.616. The highest BCUT2D eigenvalue weighted by atomic mass is 32.1. The molecule has 0 spiro atoms. The number of thiazole rings is 2. The van der Waals surface area contributed by atoms with E-state index < -0.39 is 0 Å². The molecule has 0 aliphatic heterocycles. The van der Waals surface area contributed by atoms with Crippen LogP contribution < -0.4 is 5.73 Å². The van der Waals surface area contributed by atoms with Gasteiger partial charge in [-0.15, -0.1) is 11.3 Å². The number of nitrogens with zero attached hydrogens (tertiary/aromatic N) is 2. The summed E-state index contributed by atoms with van der Waals surface area (Å²) >= 11 is 3.16. The van der Waals surface area contributed by atoms with Crippen LogP contribution in [0.5, 0.6) is 0 Å². The van der Waals surface area contributed by atoms with Gasteiger partial charge >= 0.3 is 0 Å². The van der Waals surface area contributed by atoms with Gasteiger partial charge in [-0.05, 0) is 12.1 Å². The maximum Gasteiger partial charge on any atom is 0.181 e. The molecule has 0 saturated carbocycles. The van der Waals surface area contributed by atoms with E-state index in [1.165, 1.54) is 16.0 Å². The van der Waals surface area contributed by atoms with E-state index in [9.17, 15) is 0 Å². The van der Waals surface area contributed by atoms with Crippen LogP contribution in [-0.4, -0.2) is 9.97 Å². The molecule has 0 radical (unpaired) electrons. The van der Waals surface area contributed by atoms with E-state index in [4.69, 9.17) is 5.73 Å². The van der Waals surface area contributed by atoms with Crippen LogP contribution in [0.2, 0.25) is 0 Å². The van der Waals surface area contributed by atoms with Crippen molar-refractivity contribution in [2.45, 2.75) is 0 Å². The lowest BCUT2D eigenvalue weighted by Gasteiger charge is -1.87. The summed E-state index contributed by atoms with van der Waals surface area (Å²) in [6, 6.07) is 3.94. The Hall–Kier alpha value is -1.20. The van der Waals surface area contributed by atoms with E-state index in [0.29, 0.717) is 5.13 Å². The predicted octanol–water partition coefficient (Wildman–Crippen LogP) is 2.49. The number of fused-ring (bicyclic) bond motifs is 3. The summed E-state index contributed by atoms with van der Waals surface area (Å²) in [6.07, 6.45) is 0. The molecule has 0 unspecified atom stereocenters. The largest absolute Gasteiger partial charge is 0.375 e. The minimum absolute atomic E-state index is 0.621. The van der Waals surface area contributed by atoms with Crippen LogP contribution in [0.15, 0.2) is 17.6 Å². The summed E-state index contributed by atoms with van der Waals surface area (Å²) in [6.45, 7) is 0. The van der Waals surface area contributed by atoms with E-state index in [1.807, 2.05) is 17.6 Å². The average molecular weight is 207 g/mol. The Kier molecular flexibility index (Phi) is 1.33. The highest BCUT2D eigenvalue weighted by molar-refractivity contribution is 7.27. The molecule has 2 N–H and O–H groups in total. The average Bonchev–Trinajstić information content (AvgIpc) is 2.65. The number of hydrogen-bond donors (Lipinski definition) is 1. The number of hydrogen-bond acceptors (Lipinski definition) is 5. The molecule has 0 aliphatic carbocycles. The van der Waals surface area contributed by atoms with Crippen LogP contribution in [0.3, 0.4) is 0 Å². The number of benzene rings is 1. The van der Waals surface area contributed by atoms with Crippen LogP contribution in [0.1, 0.15) is 0 Å². The maximum absolute atomic E-state index is 5.64. The molecule has 5 heteroatoms. The molecule has 0 atom stereocenters. The second kappa shape index (κ2) is 2.40. The zero-order valence-electron chi connectivity index (χ0n) is 6.52. The number of rotatable bonds is 0. The van der Waals surface area contributed by atoms with Crippen LogP contribution >= 0.6 is 22.7 Å². The van der Waals surface area contributed by atoms with Gasteiger partial charge in [0, 0.05) is 0 Å². The zero-order valence-corrected chi connectivity index (χ0v) is 8.15. The number of nitrogen functional groups attached to an aromatic ring is 1. The summed E-state index contributed by atoms with van der Waals surface area (Å²) in [4.78, 5) is 8.45. The number of anilines is 1. The highest BCUT2D eigenvalue weighted by Gasteiger charge is 2.06. The van der Waals surface area contributed by atoms with Crippen LogP contribution in [0.25, 0.3) is 20.4 Å². The van der Waals surface area contributed by atoms with E-state index in [2.05, 4.69) is 9.97 Å². The molecule has 0 bridgehead atoms. The van der Waals surface area contributed by atoms with Gasteiger partial charge in [-0.2, -0.15) is 0 Å². The molecule has 2 aromatic heterocycles. The summed E-state index contributed by atoms with van der Waals surface area (Å²) < 4.78 is 2.34. The molecular weight excluding hydrogens is 202 g/mol. The monoisotopic (exact) mass is 207 g/mol. The Balaban J connectivity index is 2.64. The number of aromatic nitrogens is 2. The SMILES string of the molecule is Nc1nc2ccc3ncsc3c2s1. The summed E-state index contributed by atoms with van der Waals surface area (Å²) in [5.41, 5.74) is 9.49. The summed E-state index contributed by atoms with van der Waals surface area (Å²) in [7, 11) is 0. The fraction of sp³-hybridized carbons (Fsp3) is 0. The first-order chi connectivity index (χ1) is 6.34. The van der Waals surface area contributed by atoms with Crippen molar-refractivity contribution >= 4 is 48.2 Å². The molecule has 1 aromatic carbocycles. The molecular formula is C8H5N3S2. The molecule has 0 amide bonds. The molecule has 0 fully saturated rings. The summed E-state index contributed by atoms with van der Waals surface area (Å²) in [5.74, 6) is 0. The van der Waals surface area contributed by atoms with Gasteiger partial charge in [-0.25, -0.2) is 9.97 Å². The van der Waals surface area contributed by atoms with Crippen molar-refractivity contribution in [3.05, 3.63) is 17.6 Å². The van der Waals surface area contributed by atoms with Gasteiger partial charge in [0.2, 0.25) is 0 Å².